The summed E-state index contributed by atoms with van der Waals surface area (Å²) >= 11 is 0. The van der Waals surface area contributed by atoms with Crippen molar-refractivity contribution >= 4 is 11.7 Å². The lowest BCUT2D eigenvalue weighted by atomic mass is 10.0. The molecular formula is C27H24N6O. The highest BCUT2D eigenvalue weighted by atomic mass is 16.1. The number of anilines is 1. The lowest BCUT2D eigenvalue weighted by molar-refractivity contribution is 0.102. The van der Waals surface area contributed by atoms with Gasteiger partial charge in [0.15, 0.2) is 5.82 Å². The first-order chi connectivity index (χ1) is 16.6. The average Bonchev–Trinajstić information content (AvgIpc) is 3.49. The van der Waals surface area contributed by atoms with E-state index in [0.29, 0.717) is 23.6 Å². The Morgan fingerprint density at radius 3 is 2.50 bits per heavy atom. The van der Waals surface area contributed by atoms with E-state index in [1.54, 1.807) is 27.8 Å². The van der Waals surface area contributed by atoms with Gasteiger partial charge in [-0.3, -0.25) is 14.5 Å². The second-order valence-corrected chi connectivity index (χ2v) is 8.14. The first-order valence-corrected chi connectivity index (χ1v) is 11.0. The first kappa shape index (κ1) is 21.3. The third kappa shape index (κ3) is 4.49. The van der Waals surface area contributed by atoms with E-state index in [4.69, 9.17) is 5.10 Å². The van der Waals surface area contributed by atoms with Gasteiger partial charge in [-0.15, -0.1) is 0 Å². The van der Waals surface area contributed by atoms with Crippen LogP contribution in [0.3, 0.4) is 0 Å². The van der Waals surface area contributed by atoms with Gasteiger partial charge in [-0.2, -0.15) is 10.2 Å². The Balaban J connectivity index is 1.45. The van der Waals surface area contributed by atoms with Gasteiger partial charge in [0, 0.05) is 30.2 Å². The summed E-state index contributed by atoms with van der Waals surface area (Å²) in [6, 6.07) is 23.4. The van der Waals surface area contributed by atoms with E-state index in [0.717, 1.165) is 22.5 Å². The van der Waals surface area contributed by atoms with Gasteiger partial charge in [-0.25, -0.2) is 4.68 Å². The molecule has 0 aliphatic carbocycles. The molecule has 0 aliphatic heterocycles. The number of hydrogen-bond acceptors (Lipinski definition) is 4. The summed E-state index contributed by atoms with van der Waals surface area (Å²) in [7, 11) is 0. The zero-order valence-electron chi connectivity index (χ0n) is 19.0. The van der Waals surface area contributed by atoms with Gasteiger partial charge in [0.1, 0.15) is 5.69 Å². The van der Waals surface area contributed by atoms with Crippen LogP contribution in [0, 0.1) is 13.8 Å². The largest absolute Gasteiger partial charge is 0.305 e. The molecule has 0 aliphatic rings. The number of rotatable bonds is 6. The number of nitrogens with zero attached hydrogens (tertiary/aromatic N) is 5. The van der Waals surface area contributed by atoms with E-state index in [2.05, 4.69) is 35.3 Å². The number of aryl methyl sites for hydroxylation is 2. The number of aromatic nitrogens is 5. The second kappa shape index (κ2) is 9.15. The lowest BCUT2D eigenvalue weighted by Crippen LogP contribution is -2.13. The molecule has 0 radical (unpaired) electrons. The summed E-state index contributed by atoms with van der Waals surface area (Å²) in [4.78, 5) is 17.7. The van der Waals surface area contributed by atoms with E-state index in [1.807, 2.05) is 66.9 Å². The third-order valence-corrected chi connectivity index (χ3v) is 5.69. The van der Waals surface area contributed by atoms with Gasteiger partial charge in [0.25, 0.3) is 5.91 Å². The van der Waals surface area contributed by atoms with Crippen molar-refractivity contribution in [2.45, 2.75) is 20.4 Å². The molecule has 0 saturated carbocycles. The number of carbonyl (C=O) groups excluding carboxylic acids is 1. The summed E-state index contributed by atoms with van der Waals surface area (Å²) in [6.45, 7) is 4.65. The second-order valence-electron chi connectivity index (χ2n) is 8.14. The van der Waals surface area contributed by atoms with E-state index in [1.165, 1.54) is 5.56 Å². The standard InChI is InChI=1S/C27H24N6O/c1-19-11-12-21(16-20(19)2)26-24(18-33(31-26)23-9-4-3-5-10-23)27(34)29-25-13-15-32(30-25)17-22-8-6-7-14-28-22/h3-16,18H,17H2,1-2H3,(H,29,30,34). The van der Waals surface area contributed by atoms with Crippen molar-refractivity contribution in [1.29, 1.82) is 0 Å². The Hall–Kier alpha value is -4.52. The molecular weight excluding hydrogens is 424 g/mol. The fraction of sp³-hybridized carbons (Fsp3) is 0.111. The molecule has 7 heteroatoms. The summed E-state index contributed by atoms with van der Waals surface area (Å²) < 4.78 is 3.48. The summed E-state index contributed by atoms with van der Waals surface area (Å²) in [5.41, 5.74) is 6.10. The zero-order chi connectivity index (χ0) is 23.5. The molecule has 1 N–H and O–H groups in total. The minimum absolute atomic E-state index is 0.265. The number of pyridine rings is 1. The van der Waals surface area contributed by atoms with Crippen LogP contribution in [0.25, 0.3) is 16.9 Å². The van der Waals surface area contributed by atoms with Crippen LogP contribution in [0.4, 0.5) is 5.82 Å². The van der Waals surface area contributed by atoms with E-state index in [9.17, 15) is 4.79 Å². The van der Waals surface area contributed by atoms with Crippen molar-refractivity contribution in [3.63, 3.8) is 0 Å². The topological polar surface area (TPSA) is 77.6 Å². The SMILES string of the molecule is Cc1ccc(-c2nn(-c3ccccc3)cc2C(=O)Nc2ccn(Cc3ccccn3)n2)cc1C. The predicted octanol–water partition coefficient (Wildman–Crippen LogP) is 5.05. The Morgan fingerprint density at radius 1 is 0.912 bits per heavy atom. The number of hydrogen-bond donors (Lipinski definition) is 1. The van der Waals surface area contributed by atoms with Crippen LogP contribution >= 0.6 is 0 Å². The molecule has 3 heterocycles. The van der Waals surface area contributed by atoms with Crippen LogP contribution in [0.1, 0.15) is 27.2 Å². The van der Waals surface area contributed by atoms with Gasteiger partial charge >= 0.3 is 0 Å². The average molecular weight is 449 g/mol. The zero-order valence-corrected chi connectivity index (χ0v) is 19.0. The smallest absolute Gasteiger partial charge is 0.260 e. The number of benzene rings is 2. The summed E-state index contributed by atoms with van der Waals surface area (Å²) in [5, 5.41) is 12.2. The van der Waals surface area contributed by atoms with Crippen molar-refractivity contribution in [3.8, 4) is 16.9 Å². The van der Waals surface area contributed by atoms with Gasteiger partial charge in [0.05, 0.1) is 23.5 Å². The highest BCUT2D eigenvalue weighted by molar-refractivity contribution is 6.07. The number of carbonyl (C=O) groups is 1. The van der Waals surface area contributed by atoms with Crippen LogP contribution in [0.2, 0.25) is 0 Å². The van der Waals surface area contributed by atoms with Crippen LogP contribution < -0.4 is 5.32 Å². The van der Waals surface area contributed by atoms with Crippen molar-refractivity contribution in [2.75, 3.05) is 5.32 Å². The molecule has 7 nitrogen and oxygen atoms in total. The van der Waals surface area contributed by atoms with Crippen molar-refractivity contribution in [3.05, 3.63) is 114 Å². The maximum absolute atomic E-state index is 13.3. The highest BCUT2D eigenvalue weighted by Gasteiger charge is 2.20. The quantitative estimate of drug-likeness (QED) is 0.394. The Morgan fingerprint density at radius 2 is 1.74 bits per heavy atom. The molecule has 0 saturated heterocycles. The van der Waals surface area contributed by atoms with E-state index < -0.39 is 0 Å². The summed E-state index contributed by atoms with van der Waals surface area (Å²) in [5.74, 6) is 0.206. The lowest BCUT2D eigenvalue weighted by Gasteiger charge is -2.06. The van der Waals surface area contributed by atoms with Crippen molar-refractivity contribution < 1.29 is 4.79 Å². The van der Waals surface area contributed by atoms with Crippen LogP contribution in [0.5, 0.6) is 0 Å². The minimum Gasteiger partial charge on any atom is -0.305 e. The maximum Gasteiger partial charge on any atom is 0.260 e. The molecule has 5 rings (SSSR count). The Kier molecular flexibility index (Phi) is 5.74. The third-order valence-electron chi connectivity index (χ3n) is 5.69. The Bertz CT molecular complexity index is 1440. The van der Waals surface area contributed by atoms with E-state index in [-0.39, 0.29) is 5.91 Å². The normalized spacial score (nSPS) is 10.9. The fourth-order valence-electron chi connectivity index (χ4n) is 3.71. The molecule has 34 heavy (non-hydrogen) atoms. The maximum atomic E-state index is 13.3. The molecule has 3 aromatic heterocycles. The molecule has 0 atom stereocenters. The molecule has 0 unspecified atom stereocenters. The van der Waals surface area contributed by atoms with Gasteiger partial charge in [0.2, 0.25) is 0 Å². The molecule has 1 amide bonds. The minimum atomic E-state index is -0.265. The molecule has 0 bridgehead atoms. The van der Waals surface area contributed by atoms with Gasteiger partial charge < -0.3 is 5.32 Å². The molecule has 0 spiro atoms. The van der Waals surface area contributed by atoms with Gasteiger partial charge in [-0.1, -0.05) is 36.4 Å². The molecule has 168 valence electrons. The van der Waals surface area contributed by atoms with Crippen LogP contribution in [-0.2, 0) is 6.54 Å². The number of nitrogens with one attached hydrogen (secondary N) is 1. The number of para-hydroxylation sites is 1. The predicted molar refractivity (Wildman–Crippen MR) is 132 cm³/mol. The highest BCUT2D eigenvalue weighted by Crippen LogP contribution is 2.26. The molecule has 2 aromatic carbocycles. The van der Waals surface area contributed by atoms with Crippen molar-refractivity contribution in [2.24, 2.45) is 0 Å². The van der Waals surface area contributed by atoms with Crippen LogP contribution in [0.15, 0.2) is 91.4 Å². The first-order valence-electron chi connectivity index (χ1n) is 11.0. The number of amides is 1. The Labute approximate surface area is 197 Å². The summed E-state index contributed by atoms with van der Waals surface area (Å²) in [6.07, 6.45) is 5.34. The molecule has 5 aromatic rings. The van der Waals surface area contributed by atoms with Crippen molar-refractivity contribution in [1.82, 2.24) is 24.5 Å². The van der Waals surface area contributed by atoms with Crippen LogP contribution in [-0.4, -0.2) is 30.5 Å². The fourth-order valence-corrected chi connectivity index (χ4v) is 3.71. The molecule has 0 fully saturated rings. The monoisotopic (exact) mass is 448 g/mol. The van der Waals surface area contributed by atoms with Gasteiger partial charge in [-0.05, 0) is 55.3 Å². The van der Waals surface area contributed by atoms with E-state index >= 15 is 0 Å².